The SMILES string of the molecule is C[C@H](Nc1ccc(Br)cc1)C(=O)Nc1ccc2c(c1)OCO2. The molecule has 0 radical (unpaired) electrons. The molecular formula is C16H15BrN2O3. The first-order valence-electron chi connectivity index (χ1n) is 6.84. The van der Waals surface area contributed by atoms with E-state index in [1.807, 2.05) is 31.2 Å². The number of halogens is 1. The highest BCUT2D eigenvalue weighted by atomic mass is 79.9. The molecule has 0 aromatic heterocycles. The van der Waals surface area contributed by atoms with Crippen molar-refractivity contribution in [3.63, 3.8) is 0 Å². The molecule has 5 nitrogen and oxygen atoms in total. The zero-order chi connectivity index (χ0) is 15.5. The molecule has 0 spiro atoms. The number of carbonyl (C=O) groups is 1. The Morgan fingerprint density at radius 1 is 1.09 bits per heavy atom. The lowest BCUT2D eigenvalue weighted by molar-refractivity contribution is -0.116. The summed E-state index contributed by atoms with van der Waals surface area (Å²) in [5, 5.41) is 6.01. The van der Waals surface area contributed by atoms with E-state index in [1.54, 1.807) is 18.2 Å². The predicted molar refractivity (Wildman–Crippen MR) is 88.4 cm³/mol. The Balaban J connectivity index is 1.62. The minimum atomic E-state index is -0.369. The highest BCUT2D eigenvalue weighted by molar-refractivity contribution is 9.10. The van der Waals surface area contributed by atoms with Gasteiger partial charge in [-0.15, -0.1) is 0 Å². The van der Waals surface area contributed by atoms with Gasteiger partial charge in [-0.1, -0.05) is 15.9 Å². The second-order valence-corrected chi connectivity index (χ2v) is 5.85. The van der Waals surface area contributed by atoms with E-state index in [2.05, 4.69) is 26.6 Å². The summed E-state index contributed by atoms with van der Waals surface area (Å²) in [5.41, 5.74) is 1.57. The van der Waals surface area contributed by atoms with Crippen molar-refractivity contribution < 1.29 is 14.3 Å². The minimum Gasteiger partial charge on any atom is -0.454 e. The van der Waals surface area contributed by atoms with Gasteiger partial charge in [0.05, 0.1) is 0 Å². The van der Waals surface area contributed by atoms with Gasteiger partial charge >= 0.3 is 0 Å². The third-order valence-corrected chi connectivity index (χ3v) is 3.79. The van der Waals surface area contributed by atoms with Crippen LogP contribution in [0.15, 0.2) is 46.9 Å². The summed E-state index contributed by atoms with van der Waals surface area (Å²) in [4.78, 5) is 12.2. The Morgan fingerprint density at radius 3 is 2.55 bits per heavy atom. The molecule has 3 rings (SSSR count). The van der Waals surface area contributed by atoms with E-state index in [4.69, 9.17) is 9.47 Å². The first kappa shape index (κ1) is 14.7. The second-order valence-electron chi connectivity index (χ2n) is 4.93. The van der Waals surface area contributed by atoms with E-state index < -0.39 is 0 Å². The Hall–Kier alpha value is -2.21. The first-order valence-corrected chi connectivity index (χ1v) is 7.64. The number of hydrogen-bond donors (Lipinski definition) is 2. The summed E-state index contributed by atoms with van der Waals surface area (Å²) in [6.07, 6.45) is 0. The van der Waals surface area contributed by atoms with Crippen molar-refractivity contribution in [3.8, 4) is 11.5 Å². The summed E-state index contributed by atoms with van der Waals surface area (Å²) in [6, 6.07) is 12.6. The van der Waals surface area contributed by atoms with Crippen molar-refractivity contribution >= 4 is 33.2 Å². The normalized spacial score (nSPS) is 13.5. The van der Waals surface area contributed by atoms with Crippen LogP contribution in [0.2, 0.25) is 0 Å². The van der Waals surface area contributed by atoms with Gasteiger partial charge in [0.25, 0.3) is 0 Å². The van der Waals surface area contributed by atoms with Crippen LogP contribution in [-0.2, 0) is 4.79 Å². The third kappa shape index (κ3) is 3.33. The highest BCUT2D eigenvalue weighted by Gasteiger charge is 2.16. The number of nitrogens with one attached hydrogen (secondary N) is 2. The maximum absolute atomic E-state index is 12.2. The molecule has 1 aliphatic rings. The lowest BCUT2D eigenvalue weighted by Crippen LogP contribution is -2.31. The highest BCUT2D eigenvalue weighted by Crippen LogP contribution is 2.34. The zero-order valence-electron chi connectivity index (χ0n) is 11.9. The summed E-state index contributed by atoms with van der Waals surface area (Å²) >= 11 is 3.38. The fourth-order valence-electron chi connectivity index (χ4n) is 2.09. The maximum atomic E-state index is 12.2. The Labute approximate surface area is 136 Å². The average molecular weight is 363 g/mol. The van der Waals surface area contributed by atoms with Gasteiger partial charge < -0.3 is 20.1 Å². The van der Waals surface area contributed by atoms with Gasteiger partial charge in [0.1, 0.15) is 6.04 Å². The quantitative estimate of drug-likeness (QED) is 0.871. The topological polar surface area (TPSA) is 59.6 Å². The zero-order valence-corrected chi connectivity index (χ0v) is 13.5. The molecule has 6 heteroatoms. The molecule has 0 fully saturated rings. The molecule has 2 aromatic carbocycles. The molecule has 1 heterocycles. The lowest BCUT2D eigenvalue weighted by atomic mass is 10.2. The monoisotopic (exact) mass is 362 g/mol. The number of hydrogen-bond acceptors (Lipinski definition) is 4. The van der Waals surface area contributed by atoms with Gasteiger partial charge in [-0.05, 0) is 43.3 Å². The lowest BCUT2D eigenvalue weighted by Gasteiger charge is -2.15. The van der Waals surface area contributed by atoms with Crippen LogP contribution in [0.25, 0.3) is 0 Å². The van der Waals surface area contributed by atoms with E-state index >= 15 is 0 Å². The molecule has 0 saturated carbocycles. The molecule has 1 amide bonds. The van der Waals surface area contributed by atoms with Crippen molar-refractivity contribution in [2.45, 2.75) is 13.0 Å². The molecule has 114 valence electrons. The van der Waals surface area contributed by atoms with Crippen molar-refractivity contribution in [2.75, 3.05) is 17.4 Å². The predicted octanol–water partition coefficient (Wildman–Crippen LogP) is 3.62. The summed E-state index contributed by atoms with van der Waals surface area (Å²) in [7, 11) is 0. The summed E-state index contributed by atoms with van der Waals surface area (Å²) in [6.45, 7) is 2.03. The Bertz CT molecular complexity index is 688. The van der Waals surface area contributed by atoms with Crippen LogP contribution in [0, 0.1) is 0 Å². The van der Waals surface area contributed by atoms with E-state index in [-0.39, 0.29) is 18.7 Å². The summed E-state index contributed by atoms with van der Waals surface area (Å²) in [5.74, 6) is 1.21. The molecule has 0 unspecified atom stereocenters. The smallest absolute Gasteiger partial charge is 0.246 e. The van der Waals surface area contributed by atoms with Crippen molar-refractivity contribution in [1.82, 2.24) is 0 Å². The van der Waals surface area contributed by atoms with Crippen LogP contribution in [0.4, 0.5) is 11.4 Å². The Kier molecular flexibility index (Phi) is 4.20. The van der Waals surface area contributed by atoms with Crippen molar-refractivity contribution in [2.24, 2.45) is 0 Å². The number of fused-ring (bicyclic) bond motifs is 1. The van der Waals surface area contributed by atoms with Gasteiger partial charge in [0.2, 0.25) is 12.7 Å². The van der Waals surface area contributed by atoms with Gasteiger partial charge in [-0.25, -0.2) is 0 Å². The first-order chi connectivity index (χ1) is 10.6. The van der Waals surface area contributed by atoms with E-state index in [9.17, 15) is 4.79 Å². The average Bonchev–Trinajstić information content (AvgIpc) is 2.97. The number of ether oxygens (including phenoxy) is 2. The van der Waals surface area contributed by atoms with E-state index in [0.717, 1.165) is 10.2 Å². The largest absolute Gasteiger partial charge is 0.454 e. The van der Waals surface area contributed by atoms with Crippen LogP contribution < -0.4 is 20.1 Å². The van der Waals surface area contributed by atoms with Crippen LogP contribution >= 0.6 is 15.9 Å². The minimum absolute atomic E-state index is 0.123. The second kappa shape index (κ2) is 6.27. The van der Waals surface area contributed by atoms with E-state index in [1.165, 1.54) is 0 Å². The van der Waals surface area contributed by atoms with Crippen LogP contribution in [0.3, 0.4) is 0 Å². The number of amides is 1. The number of benzene rings is 2. The molecule has 1 aliphatic heterocycles. The third-order valence-electron chi connectivity index (χ3n) is 3.26. The van der Waals surface area contributed by atoms with Crippen molar-refractivity contribution in [3.05, 3.63) is 46.9 Å². The molecule has 0 saturated heterocycles. The fraction of sp³-hybridized carbons (Fsp3) is 0.188. The number of rotatable bonds is 4. The summed E-state index contributed by atoms with van der Waals surface area (Å²) < 4.78 is 11.5. The van der Waals surface area contributed by atoms with Gasteiger partial charge in [-0.3, -0.25) is 4.79 Å². The standard InChI is InChI=1S/C16H15BrN2O3/c1-10(18-12-4-2-11(17)3-5-12)16(20)19-13-6-7-14-15(8-13)22-9-21-14/h2-8,10,18H,9H2,1H3,(H,19,20)/t10-/m0/s1. The molecule has 22 heavy (non-hydrogen) atoms. The van der Waals surface area contributed by atoms with Crippen molar-refractivity contribution in [1.29, 1.82) is 0 Å². The molecule has 0 bridgehead atoms. The fourth-order valence-corrected chi connectivity index (χ4v) is 2.35. The molecule has 2 aromatic rings. The number of carbonyl (C=O) groups excluding carboxylic acids is 1. The Morgan fingerprint density at radius 2 is 1.77 bits per heavy atom. The molecule has 1 atom stereocenters. The maximum Gasteiger partial charge on any atom is 0.246 e. The molecular weight excluding hydrogens is 348 g/mol. The molecule has 2 N–H and O–H groups in total. The number of anilines is 2. The molecule has 0 aliphatic carbocycles. The van der Waals surface area contributed by atoms with E-state index in [0.29, 0.717) is 17.2 Å². The van der Waals surface area contributed by atoms with Crippen LogP contribution in [0.1, 0.15) is 6.92 Å². The van der Waals surface area contributed by atoms with Gasteiger partial charge in [0, 0.05) is 21.9 Å². The van der Waals surface area contributed by atoms with Crippen LogP contribution in [0.5, 0.6) is 11.5 Å². The van der Waals surface area contributed by atoms with Gasteiger partial charge in [0.15, 0.2) is 11.5 Å². The van der Waals surface area contributed by atoms with Gasteiger partial charge in [-0.2, -0.15) is 0 Å². The van der Waals surface area contributed by atoms with Crippen LogP contribution in [-0.4, -0.2) is 18.7 Å².